The third-order valence-corrected chi connectivity index (χ3v) is 2.69. The van der Waals surface area contributed by atoms with Crippen molar-refractivity contribution in [1.29, 1.82) is 0 Å². The van der Waals surface area contributed by atoms with E-state index in [-0.39, 0.29) is 23.7 Å². The van der Waals surface area contributed by atoms with Crippen LogP contribution < -0.4 is 11.1 Å². The van der Waals surface area contributed by atoms with E-state index in [2.05, 4.69) is 5.32 Å². The smallest absolute Gasteiger partial charge is 0.251 e. The Bertz CT molecular complexity index is 351. The van der Waals surface area contributed by atoms with E-state index in [1.54, 1.807) is 0 Å². The van der Waals surface area contributed by atoms with Crippen molar-refractivity contribution >= 4 is 5.91 Å². The minimum Gasteiger partial charge on any atom is -0.349 e. The van der Waals surface area contributed by atoms with Crippen molar-refractivity contribution in [2.75, 3.05) is 6.54 Å². The van der Waals surface area contributed by atoms with Gasteiger partial charge in [0.25, 0.3) is 5.91 Å². The van der Waals surface area contributed by atoms with Crippen LogP contribution in [0.4, 0.5) is 4.39 Å². The van der Waals surface area contributed by atoms with Gasteiger partial charge in [-0.05, 0) is 43.7 Å². The molecule has 1 aromatic carbocycles. The monoisotopic (exact) mass is 224 g/mol. The zero-order valence-corrected chi connectivity index (χ0v) is 9.53. The molecule has 0 bridgehead atoms. The van der Waals surface area contributed by atoms with E-state index >= 15 is 0 Å². The number of amides is 1. The van der Waals surface area contributed by atoms with Crippen LogP contribution in [0.5, 0.6) is 0 Å². The van der Waals surface area contributed by atoms with Crippen LogP contribution >= 0.6 is 0 Å². The highest BCUT2D eigenvalue weighted by molar-refractivity contribution is 5.94. The SMILES string of the molecule is CC(CN)C(C)NC(=O)c1ccc(F)cc1. The lowest BCUT2D eigenvalue weighted by Crippen LogP contribution is -2.39. The van der Waals surface area contributed by atoms with Crippen molar-refractivity contribution in [3.63, 3.8) is 0 Å². The molecule has 0 aliphatic carbocycles. The van der Waals surface area contributed by atoms with Gasteiger partial charge < -0.3 is 11.1 Å². The zero-order valence-electron chi connectivity index (χ0n) is 9.53. The zero-order chi connectivity index (χ0) is 12.1. The first-order valence-electron chi connectivity index (χ1n) is 5.31. The largest absolute Gasteiger partial charge is 0.349 e. The van der Waals surface area contributed by atoms with Gasteiger partial charge in [0.05, 0.1) is 0 Å². The molecule has 2 unspecified atom stereocenters. The molecule has 0 fully saturated rings. The predicted molar refractivity (Wildman–Crippen MR) is 61.5 cm³/mol. The van der Waals surface area contributed by atoms with Gasteiger partial charge in [0.15, 0.2) is 0 Å². The van der Waals surface area contributed by atoms with Crippen LogP contribution in [0.3, 0.4) is 0 Å². The molecule has 2 atom stereocenters. The standard InChI is InChI=1S/C12H17FN2O/c1-8(7-14)9(2)15-12(16)10-3-5-11(13)6-4-10/h3-6,8-9H,7,14H2,1-2H3,(H,15,16). The number of benzene rings is 1. The van der Waals surface area contributed by atoms with Gasteiger partial charge >= 0.3 is 0 Å². The van der Waals surface area contributed by atoms with Crippen LogP contribution in [0.1, 0.15) is 24.2 Å². The molecule has 1 aromatic rings. The molecule has 0 saturated heterocycles. The summed E-state index contributed by atoms with van der Waals surface area (Å²) in [6, 6.07) is 5.47. The molecule has 3 nitrogen and oxygen atoms in total. The summed E-state index contributed by atoms with van der Waals surface area (Å²) in [4.78, 5) is 11.7. The van der Waals surface area contributed by atoms with Gasteiger partial charge in [-0.3, -0.25) is 4.79 Å². The minimum absolute atomic E-state index is 0.00236. The highest BCUT2D eigenvalue weighted by Crippen LogP contribution is 2.05. The molecule has 0 saturated carbocycles. The van der Waals surface area contributed by atoms with Crippen molar-refractivity contribution in [3.05, 3.63) is 35.6 Å². The Kier molecular flexibility index (Phi) is 4.43. The average molecular weight is 224 g/mol. The normalized spacial score (nSPS) is 14.2. The van der Waals surface area contributed by atoms with Gasteiger partial charge in [0.1, 0.15) is 5.82 Å². The third-order valence-electron chi connectivity index (χ3n) is 2.69. The average Bonchev–Trinajstić information content (AvgIpc) is 2.28. The van der Waals surface area contributed by atoms with Crippen LogP contribution in [0.15, 0.2) is 24.3 Å². The summed E-state index contributed by atoms with van der Waals surface area (Å²) in [6.07, 6.45) is 0. The molecule has 4 heteroatoms. The van der Waals surface area contributed by atoms with E-state index in [4.69, 9.17) is 5.73 Å². The fraction of sp³-hybridized carbons (Fsp3) is 0.417. The van der Waals surface area contributed by atoms with Crippen LogP contribution in [0, 0.1) is 11.7 Å². The van der Waals surface area contributed by atoms with Gasteiger partial charge in [-0.25, -0.2) is 4.39 Å². The number of halogens is 1. The lowest BCUT2D eigenvalue weighted by Gasteiger charge is -2.19. The Morgan fingerprint density at radius 3 is 2.44 bits per heavy atom. The molecule has 3 N–H and O–H groups in total. The first-order chi connectivity index (χ1) is 7.54. The summed E-state index contributed by atoms with van der Waals surface area (Å²) in [6.45, 7) is 4.39. The molecule has 0 spiro atoms. The highest BCUT2D eigenvalue weighted by Gasteiger charge is 2.14. The van der Waals surface area contributed by atoms with Crippen molar-refractivity contribution in [2.45, 2.75) is 19.9 Å². The molecule has 0 aromatic heterocycles. The molecule has 0 radical (unpaired) electrons. The Hall–Kier alpha value is -1.42. The molecule has 0 heterocycles. The van der Waals surface area contributed by atoms with Crippen LogP contribution in [-0.4, -0.2) is 18.5 Å². The topological polar surface area (TPSA) is 55.1 Å². The van der Waals surface area contributed by atoms with E-state index in [0.29, 0.717) is 12.1 Å². The second-order valence-corrected chi connectivity index (χ2v) is 3.98. The van der Waals surface area contributed by atoms with Crippen molar-refractivity contribution < 1.29 is 9.18 Å². The molecule has 88 valence electrons. The number of hydrogen-bond donors (Lipinski definition) is 2. The van der Waals surface area contributed by atoms with Gasteiger partial charge in [-0.1, -0.05) is 6.92 Å². The molecule has 1 amide bonds. The number of carbonyl (C=O) groups excluding carboxylic acids is 1. The fourth-order valence-corrected chi connectivity index (χ4v) is 1.24. The third kappa shape index (κ3) is 3.31. The predicted octanol–water partition coefficient (Wildman–Crippen LogP) is 1.54. The number of nitrogens with one attached hydrogen (secondary N) is 1. The Labute approximate surface area is 94.8 Å². The summed E-state index contributed by atoms with van der Waals surface area (Å²) in [7, 11) is 0. The molecule has 0 aliphatic heterocycles. The molecule has 16 heavy (non-hydrogen) atoms. The summed E-state index contributed by atoms with van der Waals surface area (Å²) < 4.78 is 12.6. The maximum Gasteiger partial charge on any atom is 0.251 e. The summed E-state index contributed by atoms with van der Waals surface area (Å²) in [5, 5.41) is 2.82. The van der Waals surface area contributed by atoms with Crippen LogP contribution in [0.25, 0.3) is 0 Å². The molecule has 0 aliphatic rings. The summed E-state index contributed by atoms with van der Waals surface area (Å²) in [5.41, 5.74) is 5.96. The number of rotatable bonds is 4. The minimum atomic E-state index is -0.347. The fourth-order valence-electron chi connectivity index (χ4n) is 1.24. The van der Waals surface area contributed by atoms with Crippen molar-refractivity contribution in [2.24, 2.45) is 11.7 Å². The number of carbonyl (C=O) groups is 1. The van der Waals surface area contributed by atoms with Gasteiger partial charge in [0, 0.05) is 11.6 Å². The van der Waals surface area contributed by atoms with Crippen molar-refractivity contribution in [3.8, 4) is 0 Å². The second-order valence-electron chi connectivity index (χ2n) is 3.98. The second kappa shape index (κ2) is 5.61. The Morgan fingerprint density at radius 1 is 1.38 bits per heavy atom. The van der Waals surface area contributed by atoms with Crippen LogP contribution in [-0.2, 0) is 0 Å². The van der Waals surface area contributed by atoms with E-state index in [9.17, 15) is 9.18 Å². The molecule has 1 rings (SSSR count). The van der Waals surface area contributed by atoms with E-state index < -0.39 is 0 Å². The first kappa shape index (κ1) is 12.6. The lowest BCUT2D eigenvalue weighted by molar-refractivity contribution is 0.0929. The molecular weight excluding hydrogens is 207 g/mol. The van der Waals surface area contributed by atoms with Gasteiger partial charge in [-0.2, -0.15) is 0 Å². The summed E-state index contributed by atoms with van der Waals surface area (Å²) in [5.74, 6) is -0.336. The maximum atomic E-state index is 12.6. The lowest BCUT2D eigenvalue weighted by atomic mass is 10.0. The van der Waals surface area contributed by atoms with Crippen LogP contribution in [0.2, 0.25) is 0 Å². The quantitative estimate of drug-likeness (QED) is 0.815. The molecular formula is C12H17FN2O. The van der Waals surface area contributed by atoms with Gasteiger partial charge in [0.2, 0.25) is 0 Å². The number of hydrogen-bond acceptors (Lipinski definition) is 2. The Morgan fingerprint density at radius 2 is 1.94 bits per heavy atom. The summed E-state index contributed by atoms with van der Waals surface area (Å²) >= 11 is 0. The van der Waals surface area contributed by atoms with E-state index in [1.165, 1.54) is 24.3 Å². The first-order valence-corrected chi connectivity index (χ1v) is 5.31. The highest BCUT2D eigenvalue weighted by atomic mass is 19.1. The van der Waals surface area contributed by atoms with E-state index in [1.807, 2.05) is 13.8 Å². The van der Waals surface area contributed by atoms with Crippen molar-refractivity contribution in [1.82, 2.24) is 5.32 Å². The Balaban J connectivity index is 2.62. The van der Waals surface area contributed by atoms with E-state index in [0.717, 1.165) is 0 Å². The maximum absolute atomic E-state index is 12.6. The number of nitrogens with two attached hydrogens (primary N) is 1. The van der Waals surface area contributed by atoms with Gasteiger partial charge in [-0.15, -0.1) is 0 Å².